The number of ether oxygens (including phenoxy) is 1. The first-order valence-corrected chi connectivity index (χ1v) is 9.47. The van der Waals surface area contributed by atoms with Crippen molar-refractivity contribution >= 4 is 28.6 Å². The summed E-state index contributed by atoms with van der Waals surface area (Å²) in [6.45, 7) is 6.04. The Morgan fingerprint density at radius 3 is 1.75 bits per heavy atom. The summed E-state index contributed by atoms with van der Waals surface area (Å²) in [7, 11) is 0. The number of aliphatic imine (C=N–C) groups is 1. The smallest absolute Gasteiger partial charge is 0.398 e. The first kappa shape index (κ1) is 19.8. The molecule has 142 valence electrons. The molecule has 0 heterocycles. The number of aryl methyl sites for hydroxylation is 3. The fourth-order valence-corrected chi connectivity index (χ4v) is 3.54. The van der Waals surface area contributed by atoms with Crippen LogP contribution >= 0.6 is 11.6 Å². The molecule has 0 saturated heterocycles. The Morgan fingerprint density at radius 1 is 0.857 bits per heavy atom. The predicted molar refractivity (Wildman–Crippen MR) is 115 cm³/mol. The second-order valence-electron chi connectivity index (χ2n) is 6.79. The molecule has 3 aromatic carbocycles. The number of benzene rings is 3. The molecule has 0 radical (unpaired) electrons. The lowest BCUT2D eigenvalue weighted by Gasteiger charge is -2.20. The number of nitrogens with zero attached hydrogens (tertiary/aromatic N) is 1. The summed E-state index contributed by atoms with van der Waals surface area (Å²) in [5, 5.41) is 0. The highest BCUT2D eigenvalue weighted by molar-refractivity contribution is 6.62. The molecule has 28 heavy (non-hydrogen) atoms. The molecular formula is C24H22ClNO2. The van der Waals surface area contributed by atoms with Gasteiger partial charge in [0.2, 0.25) is 5.90 Å². The van der Waals surface area contributed by atoms with E-state index in [1.165, 1.54) is 0 Å². The third-order valence-electron chi connectivity index (χ3n) is 4.55. The monoisotopic (exact) mass is 391 g/mol. The number of carbonyl (C=O) groups excluding carboxylic acids is 1. The Hall–Kier alpha value is -2.91. The van der Waals surface area contributed by atoms with E-state index in [1.54, 1.807) is 0 Å². The average Bonchev–Trinajstić information content (AvgIpc) is 2.66. The van der Waals surface area contributed by atoms with Crippen LogP contribution in [0.4, 0.5) is 10.5 Å². The van der Waals surface area contributed by atoms with Crippen molar-refractivity contribution in [3.63, 3.8) is 0 Å². The van der Waals surface area contributed by atoms with Gasteiger partial charge in [-0.1, -0.05) is 78.4 Å². The number of hydrogen-bond donors (Lipinski definition) is 0. The van der Waals surface area contributed by atoms with Gasteiger partial charge in [0.15, 0.2) is 0 Å². The standard InChI is InChI=1S/C24H22ClNO2/c1-16-14-17(2)22(18(3)15-16)26-23(28-24(25)27)21(19-10-6-4-7-11-19)20-12-8-5-9-13-20/h4-15,21H,1-3H3. The van der Waals surface area contributed by atoms with Gasteiger partial charge < -0.3 is 4.74 Å². The van der Waals surface area contributed by atoms with E-state index in [1.807, 2.05) is 81.4 Å². The molecule has 0 aliphatic rings. The first-order chi connectivity index (χ1) is 13.5. The van der Waals surface area contributed by atoms with Crippen LogP contribution in [-0.2, 0) is 4.74 Å². The predicted octanol–water partition coefficient (Wildman–Crippen LogP) is 6.85. The van der Waals surface area contributed by atoms with Crippen molar-refractivity contribution in [2.24, 2.45) is 4.99 Å². The topological polar surface area (TPSA) is 38.7 Å². The van der Waals surface area contributed by atoms with Crippen molar-refractivity contribution in [3.8, 4) is 0 Å². The molecule has 0 fully saturated rings. The second kappa shape index (κ2) is 8.85. The molecule has 0 aliphatic carbocycles. The van der Waals surface area contributed by atoms with Crippen LogP contribution in [0.1, 0.15) is 33.7 Å². The van der Waals surface area contributed by atoms with Gasteiger partial charge in [-0.25, -0.2) is 9.79 Å². The van der Waals surface area contributed by atoms with Gasteiger partial charge in [0.05, 0.1) is 11.6 Å². The van der Waals surface area contributed by atoms with E-state index >= 15 is 0 Å². The van der Waals surface area contributed by atoms with Crippen molar-refractivity contribution in [3.05, 3.63) is 101 Å². The summed E-state index contributed by atoms with van der Waals surface area (Å²) in [4.78, 5) is 16.5. The third kappa shape index (κ3) is 4.68. The Kier molecular flexibility index (Phi) is 6.27. The molecule has 0 amide bonds. The van der Waals surface area contributed by atoms with E-state index in [0.717, 1.165) is 33.5 Å². The van der Waals surface area contributed by atoms with Gasteiger partial charge in [-0.15, -0.1) is 0 Å². The van der Waals surface area contributed by atoms with E-state index in [2.05, 4.69) is 12.1 Å². The van der Waals surface area contributed by atoms with Crippen molar-refractivity contribution in [1.82, 2.24) is 0 Å². The normalized spacial score (nSPS) is 11.5. The molecule has 0 bridgehead atoms. The molecule has 0 aliphatic heterocycles. The minimum absolute atomic E-state index is 0.257. The van der Waals surface area contributed by atoms with E-state index in [0.29, 0.717) is 0 Å². The van der Waals surface area contributed by atoms with Crippen LogP contribution in [0, 0.1) is 20.8 Å². The molecule has 4 heteroatoms. The lowest BCUT2D eigenvalue weighted by Crippen LogP contribution is -2.19. The Labute approximate surface area is 170 Å². The summed E-state index contributed by atoms with van der Waals surface area (Å²) >= 11 is 5.62. The molecule has 0 saturated carbocycles. The number of hydrogen-bond acceptors (Lipinski definition) is 3. The highest BCUT2D eigenvalue weighted by Gasteiger charge is 2.25. The highest BCUT2D eigenvalue weighted by Crippen LogP contribution is 2.32. The minimum atomic E-state index is -0.905. The van der Waals surface area contributed by atoms with E-state index in [4.69, 9.17) is 21.3 Å². The molecule has 0 aromatic heterocycles. The zero-order valence-electron chi connectivity index (χ0n) is 16.1. The van der Waals surface area contributed by atoms with Crippen LogP contribution in [0.5, 0.6) is 0 Å². The van der Waals surface area contributed by atoms with Crippen LogP contribution in [0.3, 0.4) is 0 Å². The third-order valence-corrected chi connectivity index (χ3v) is 4.63. The van der Waals surface area contributed by atoms with Gasteiger partial charge >= 0.3 is 5.43 Å². The minimum Gasteiger partial charge on any atom is -0.398 e. The lowest BCUT2D eigenvalue weighted by molar-refractivity contribution is 0.221. The molecule has 0 atom stereocenters. The van der Waals surface area contributed by atoms with E-state index in [-0.39, 0.29) is 11.8 Å². The lowest BCUT2D eigenvalue weighted by atomic mass is 9.91. The molecular weight excluding hydrogens is 370 g/mol. The van der Waals surface area contributed by atoms with Crippen LogP contribution < -0.4 is 0 Å². The molecule has 3 nitrogen and oxygen atoms in total. The Balaban J connectivity index is 2.21. The fraction of sp³-hybridized carbons (Fsp3) is 0.167. The van der Waals surface area contributed by atoms with Crippen molar-refractivity contribution < 1.29 is 9.53 Å². The van der Waals surface area contributed by atoms with Gasteiger partial charge in [0.1, 0.15) is 0 Å². The second-order valence-corrected chi connectivity index (χ2v) is 7.10. The van der Waals surface area contributed by atoms with Crippen LogP contribution in [0.15, 0.2) is 77.8 Å². The zero-order chi connectivity index (χ0) is 20.1. The molecule has 0 N–H and O–H groups in total. The molecule has 3 rings (SSSR count). The average molecular weight is 392 g/mol. The largest absolute Gasteiger partial charge is 0.410 e. The maximum atomic E-state index is 11.7. The van der Waals surface area contributed by atoms with Gasteiger partial charge in [-0.2, -0.15) is 0 Å². The molecule has 0 unspecified atom stereocenters. The van der Waals surface area contributed by atoms with Crippen LogP contribution in [0.2, 0.25) is 0 Å². The quantitative estimate of drug-likeness (QED) is 0.277. The number of rotatable bonds is 4. The van der Waals surface area contributed by atoms with Crippen molar-refractivity contribution in [2.45, 2.75) is 26.7 Å². The Morgan fingerprint density at radius 2 is 1.32 bits per heavy atom. The summed E-state index contributed by atoms with van der Waals surface area (Å²) in [5.41, 5.74) is 5.00. The summed E-state index contributed by atoms with van der Waals surface area (Å²) in [5.74, 6) is -0.0994. The maximum absolute atomic E-state index is 11.7. The number of halogens is 1. The first-order valence-electron chi connectivity index (χ1n) is 9.09. The highest BCUT2D eigenvalue weighted by atomic mass is 35.5. The number of carbonyl (C=O) groups is 1. The summed E-state index contributed by atoms with van der Waals surface area (Å²) in [6.07, 6.45) is 0. The van der Waals surface area contributed by atoms with Crippen molar-refractivity contribution in [1.29, 1.82) is 0 Å². The van der Waals surface area contributed by atoms with E-state index in [9.17, 15) is 4.79 Å². The molecule has 3 aromatic rings. The molecule has 0 spiro atoms. The van der Waals surface area contributed by atoms with E-state index < -0.39 is 5.43 Å². The fourth-order valence-electron chi connectivity index (χ4n) is 3.46. The summed E-state index contributed by atoms with van der Waals surface area (Å²) < 4.78 is 5.44. The van der Waals surface area contributed by atoms with Crippen LogP contribution in [-0.4, -0.2) is 11.3 Å². The van der Waals surface area contributed by atoms with Crippen molar-refractivity contribution in [2.75, 3.05) is 0 Å². The van der Waals surface area contributed by atoms with Gasteiger partial charge in [-0.3, -0.25) is 0 Å². The van der Waals surface area contributed by atoms with Crippen LogP contribution in [0.25, 0.3) is 0 Å². The van der Waals surface area contributed by atoms with Gasteiger partial charge in [-0.05, 0) is 43.0 Å². The van der Waals surface area contributed by atoms with Gasteiger partial charge in [0, 0.05) is 11.6 Å². The SMILES string of the molecule is Cc1cc(C)c(N=C(OC(=O)Cl)C(c2ccccc2)c2ccccc2)c(C)c1. The summed E-state index contributed by atoms with van der Waals surface area (Å²) in [6, 6.07) is 23.8. The van der Waals surface area contributed by atoms with Gasteiger partial charge in [0.25, 0.3) is 0 Å². The zero-order valence-corrected chi connectivity index (χ0v) is 16.9. The maximum Gasteiger partial charge on any atom is 0.410 e. The Bertz CT molecular complexity index is 935.